The zero-order valence-corrected chi connectivity index (χ0v) is 11.3. The molecule has 1 saturated heterocycles. The summed E-state index contributed by atoms with van der Waals surface area (Å²) >= 11 is 3.23. The standard InChI is InChI=1S/C12H15BrN2O2/c1-12(17)5-2-6-15(8-12)11(16)9-3-4-10(13)14-7-9/h3-4,7,17H,2,5-6,8H2,1H3. The summed E-state index contributed by atoms with van der Waals surface area (Å²) < 4.78 is 0.708. The predicted molar refractivity (Wildman–Crippen MR) is 67.7 cm³/mol. The summed E-state index contributed by atoms with van der Waals surface area (Å²) in [5.41, 5.74) is -0.206. The fourth-order valence-corrected chi connectivity index (χ4v) is 2.31. The number of carbonyl (C=O) groups excluding carboxylic acids is 1. The lowest BCUT2D eigenvalue weighted by molar-refractivity contribution is -0.0107. The molecule has 0 bridgehead atoms. The molecule has 0 spiro atoms. The molecule has 2 heterocycles. The average Bonchev–Trinajstić information content (AvgIpc) is 2.28. The van der Waals surface area contributed by atoms with Crippen LogP contribution in [-0.4, -0.2) is 39.6 Å². The van der Waals surface area contributed by atoms with E-state index in [1.165, 1.54) is 0 Å². The normalized spacial score (nSPS) is 24.8. The van der Waals surface area contributed by atoms with Crippen molar-refractivity contribution >= 4 is 21.8 Å². The first kappa shape index (κ1) is 12.5. The highest BCUT2D eigenvalue weighted by Crippen LogP contribution is 2.21. The quantitative estimate of drug-likeness (QED) is 0.805. The maximum Gasteiger partial charge on any atom is 0.255 e. The van der Waals surface area contributed by atoms with Crippen molar-refractivity contribution in [2.45, 2.75) is 25.4 Å². The van der Waals surface area contributed by atoms with E-state index in [1.54, 1.807) is 30.2 Å². The molecule has 1 aromatic heterocycles. The van der Waals surface area contributed by atoms with Crippen LogP contribution in [0.25, 0.3) is 0 Å². The molecule has 4 nitrogen and oxygen atoms in total. The molecule has 0 aromatic carbocycles. The number of amides is 1. The molecule has 1 N–H and O–H groups in total. The monoisotopic (exact) mass is 298 g/mol. The summed E-state index contributed by atoms with van der Waals surface area (Å²) in [5, 5.41) is 9.97. The molecule has 1 unspecified atom stereocenters. The third-order valence-corrected chi connectivity index (χ3v) is 3.41. The van der Waals surface area contributed by atoms with Gasteiger partial charge in [0.05, 0.1) is 11.2 Å². The first-order chi connectivity index (χ1) is 7.98. The van der Waals surface area contributed by atoms with Crippen molar-refractivity contribution in [2.75, 3.05) is 13.1 Å². The minimum Gasteiger partial charge on any atom is -0.388 e. The van der Waals surface area contributed by atoms with Crippen LogP contribution in [-0.2, 0) is 0 Å². The van der Waals surface area contributed by atoms with Crippen LogP contribution in [0, 0.1) is 0 Å². The highest BCUT2D eigenvalue weighted by Gasteiger charge is 2.31. The molecular weight excluding hydrogens is 284 g/mol. The topological polar surface area (TPSA) is 53.4 Å². The van der Waals surface area contributed by atoms with Gasteiger partial charge in [0.25, 0.3) is 5.91 Å². The molecule has 17 heavy (non-hydrogen) atoms. The number of likely N-dealkylation sites (tertiary alicyclic amines) is 1. The van der Waals surface area contributed by atoms with Gasteiger partial charge in [0, 0.05) is 19.3 Å². The summed E-state index contributed by atoms with van der Waals surface area (Å²) in [6.45, 7) is 2.86. The van der Waals surface area contributed by atoms with Crippen LogP contribution in [0.3, 0.4) is 0 Å². The number of carbonyl (C=O) groups is 1. The van der Waals surface area contributed by atoms with Crippen molar-refractivity contribution in [2.24, 2.45) is 0 Å². The first-order valence-electron chi connectivity index (χ1n) is 5.61. The molecule has 1 aromatic rings. The Labute approximate surface area is 109 Å². The van der Waals surface area contributed by atoms with E-state index in [2.05, 4.69) is 20.9 Å². The largest absolute Gasteiger partial charge is 0.388 e. The highest BCUT2D eigenvalue weighted by molar-refractivity contribution is 9.10. The van der Waals surface area contributed by atoms with Crippen molar-refractivity contribution in [3.63, 3.8) is 0 Å². The molecule has 1 fully saturated rings. The third-order valence-electron chi connectivity index (χ3n) is 2.94. The molecule has 92 valence electrons. The molecule has 5 heteroatoms. The number of hydrogen-bond acceptors (Lipinski definition) is 3. The van der Waals surface area contributed by atoms with E-state index >= 15 is 0 Å². The minimum atomic E-state index is -0.767. The summed E-state index contributed by atoms with van der Waals surface area (Å²) in [6.07, 6.45) is 3.13. The molecule has 0 aliphatic carbocycles. The number of pyridine rings is 1. The second-order valence-corrected chi connectivity index (χ2v) is 5.51. The Hall–Kier alpha value is -0.940. The maximum absolute atomic E-state index is 12.2. The van der Waals surface area contributed by atoms with Crippen LogP contribution in [0.1, 0.15) is 30.1 Å². The van der Waals surface area contributed by atoms with E-state index in [1.807, 2.05) is 0 Å². The van der Waals surface area contributed by atoms with Gasteiger partial charge in [-0.3, -0.25) is 4.79 Å². The molecule has 1 aliphatic rings. The van der Waals surface area contributed by atoms with Crippen molar-refractivity contribution in [1.29, 1.82) is 0 Å². The van der Waals surface area contributed by atoms with E-state index in [0.717, 1.165) is 12.8 Å². The van der Waals surface area contributed by atoms with Crippen molar-refractivity contribution in [1.82, 2.24) is 9.88 Å². The van der Waals surface area contributed by atoms with E-state index in [-0.39, 0.29) is 5.91 Å². The molecule has 2 rings (SSSR count). The van der Waals surface area contributed by atoms with Crippen LogP contribution >= 0.6 is 15.9 Å². The van der Waals surface area contributed by atoms with E-state index in [4.69, 9.17) is 0 Å². The van der Waals surface area contributed by atoms with Crippen LogP contribution in [0.5, 0.6) is 0 Å². The van der Waals surface area contributed by atoms with Gasteiger partial charge < -0.3 is 10.0 Å². The minimum absolute atomic E-state index is 0.0648. The zero-order chi connectivity index (χ0) is 12.5. The lowest BCUT2D eigenvalue weighted by atomic mass is 9.95. The van der Waals surface area contributed by atoms with Gasteiger partial charge >= 0.3 is 0 Å². The zero-order valence-electron chi connectivity index (χ0n) is 9.69. The molecule has 1 aliphatic heterocycles. The van der Waals surface area contributed by atoms with Crippen LogP contribution in [0.15, 0.2) is 22.9 Å². The van der Waals surface area contributed by atoms with Gasteiger partial charge in [0.2, 0.25) is 0 Å². The summed E-state index contributed by atoms with van der Waals surface area (Å²) in [5.74, 6) is -0.0648. The number of piperidine rings is 1. The van der Waals surface area contributed by atoms with Gasteiger partial charge in [-0.2, -0.15) is 0 Å². The van der Waals surface area contributed by atoms with Crippen molar-refractivity contribution in [3.8, 4) is 0 Å². The van der Waals surface area contributed by atoms with Crippen LogP contribution in [0.4, 0.5) is 0 Å². The SMILES string of the molecule is CC1(O)CCCN(C(=O)c2ccc(Br)nc2)C1. The van der Waals surface area contributed by atoms with Gasteiger partial charge in [0.15, 0.2) is 0 Å². The number of nitrogens with zero attached hydrogens (tertiary/aromatic N) is 2. The second-order valence-electron chi connectivity index (χ2n) is 4.70. The Morgan fingerprint density at radius 2 is 2.35 bits per heavy atom. The van der Waals surface area contributed by atoms with E-state index in [9.17, 15) is 9.90 Å². The van der Waals surface area contributed by atoms with Gasteiger partial charge in [-0.15, -0.1) is 0 Å². The van der Waals surface area contributed by atoms with Gasteiger partial charge in [0.1, 0.15) is 4.60 Å². The molecule has 1 atom stereocenters. The van der Waals surface area contributed by atoms with E-state index < -0.39 is 5.60 Å². The maximum atomic E-state index is 12.2. The number of aromatic nitrogens is 1. The van der Waals surface area contributed by atoms with Crippen molar-refractivity contribution < 1.29 is 9.90 Å². The van der Waals surface area contributed by atoms with Crippen LogP contribution < -0.4 is 0 Å². The van der Waals surface area contributed by atoms with Gasteiger partial charge in [-0.1, -0.05) is 0 Å². The average molecular weight is 299 g/mol. The first-order valence-corrected chi connectivity index (χ1v) is 6.40. The number of hydrogen-bond donors (Lipinski definition) is 1. The second kappa shape index (κ2) is 4.74. The Bertz CT molecular complexity index is 417. The molecule has 0 radical (unpaired) electrons. The fourth-order valence-electron chi connectivity index (χ4n) is 2.08. The van der Waals surface area contributed by atoms with Gasteiger partial charge in [-0.25, -0.2) is 4.98 Å². The number of β-amino-alcohol motifs (C(OH)–C–C–N with tert-alkyl or cyclic N) is 1. The highest BCUT2D eigenvalue weighted by atomic mass is 79.9. The fraction of sp³-hybridized carbons (Fsp3) is 0.500. The lowest BCUT2D eigenvalue weighted by Gasteiger charge is -2.36. The smallest absolute Gasteiger partial charge is 0.255 e. The number of halogens is 1. The molecular formula is C12H15BrN2O2. The number of aliphatic hydroxyl groups is 1. The summed E-state index contributed by atoms with van der Waals surface area (Å²) in [4.78, 5) is 17.9. The van der Waals surface area contributed by atoms with Crippen LogP contribution in [0.2, 0.25) is 0 Å². The Morgan fingerprint density at radius 3 is 2.94 bits per heavy atom. The van der Waals surface area contributed by atoms with E-state index in [0.29, 0.717) is 23.3 Å². The Balaban J connectivity index is 2.12. The summed E-state index contributed by atoms with van der Waals surface area (Å²) in [6, 6.07) is 3.48. The van der Waals surface area contributed by atoms with Crippen molar-refractivity contribution in [3.05, 3.63) is 28.5 Å². The Morgan fingerprint density at radius 1 is 1.59 bits per heavy atom. The predicted octanol–water partition coefficient (Wildman–Crippen LogP) is 1.83. The molecule has 0 saturated carbocycles. The van der Waals surface area contributed by atoms with Gasteiger partial charge in [-0.05, 0) is 47.8 Å². The summed E-state index contributed by atoms with van der Waals surface area (Å²) in [7, 11) is 0. The third kappa shape index (κ3) is 3.04. The molecule has 1 amide bonds. The Kier molecular flexibility index (Phi) is 3.49. The number of rotatable bonds is 1. The lowest BCUT2D eigenvalue weighted by Crippen LogP contribution is -2.48.